The Bertz CT molecular complexity index is 692. The van der Waals surface area contributed by atoms with Gasteiger partial charge in [0.25, 0.3) is 0 Å². The summed E-state index contributed by atoms with van der Waals surface area (Å²) in [7, 11) is 0. The number of ether oxygens (including phenoxy) is 1. The quantitative estimate of drug-likeness (QED) is 0.805. The van der Waals surface area contributed by atoms with E-state index in [2.05, 4.69) is 23.3 Å². The number of benzene rings is 1. The first-order valence-corrected chi connectivity index (χ1v) is 6.86. The molecule has 1 aromatic carbocycles. The van der Waals surface area contributed by atoms with Crippen molar-refractivity contribution in [2.75, 3.05) is 13.2 Å². The molecule has 0 fully saturated rings. The van der Waals surface area contributed by atoms with Crippen molar-refractivity contribution in [2.24, 2.45) is 5.73 Å². The van der Waals surface area contributed by atoms with Gasteiger partial charge in [-0.25, -0.2) is 0 Å². The summed E-state index contributed by atoms with van der Waals surface area (Å²) in [6.45, 7) is 4.02. The van der Waals surface area contributed by atoms with E-state index < -0.39 is 0 Å². The van der Waals surface area contributed by atoms with Crippen LogP contribution in [0.3, 0.4) is 0 Å². The molecule has 0 atom stereocenters. The van der Waals surface area contributed by atoms with Crippen molar-refractivity contribution in [1.29, 1.82) is 0 Å². The first kappa shape index (κ1) is 14.1. The molecule has 0 amide bonds. The molecule has 0 unspecified atom stereocenters. The van der Waals surface area contributed by atoms with Crippen LogP contribution in [-0.4, -0.2) is 22.9 Å². The SMILES string of the molecule is CCOc1cc2c(ccc3cnn(CCN)c32)s1.Cl. The number of rotatable bonds is 4. The fraction of sp³-hybridized carbons (Fsp3) is 0.308. The highest BCUT2D eigenvalue weighted by atomic mass is 35.5. The van der Waals surface area contributed by atoms with Crippen molar-refractivity contribution in [3.05, 3.63) is 24.4 Å². The molecule has 6 heteroatoms. The highest BCUT2D eigenvalue weighted by Gasteiger charge is 2.10. The third-order valence-corrected chi connectivity index (χ3v) is 3.92. The van der Waals surface area contributed by atoms with Crippen LogP contribution in [0.2, 0.25) is 0 Å². The summed E-state index contributed by atoms with van der Waals surface area (Å²) in [5, 5.41) is 7.70. The molecule has 0 spiro atoms. The van der Waals surface area contributed by atoms with Crippen molar-refractivity contribution in [1.82, 2.24) is 9.78 Å². The zero-order valence-electron chi connectivity index (χ0n) is 10.6. The van der Waals surface area contributed by atoms with Crippen LogP contribution in [0.4, 0.5) is 0 Å². The van der Waals surface area contributed by atoms with Gasteiger partial charge in [-0.15, -0.1) is 12.4 Å². The fourth-order valence-electron chi connectivity index (χ4n) is 2.18. The standard InChI is InChI=1S/C13H15N3OS.ClH/c1-2-17-12-7-10-11(18-12)4-3-9-8-15-16(6-5-14)13(9)10;/h3-4,7-8H,2,5-6,14H2,1H3;1H. The van der Waals surface area contributed by atoms with Crippen LogP contribution < -0.4 is 10.5 Å². The van der Waals surface area contributed by atoms with Gasteiger partial charge in [-0.3, -0.25) is 4.68 Å². The summed E-state index contributed by atoms with van der Waals surface area (Å²) >= 11 is 1.67. The van der Waals surface area contributed by atoms with Crippen LogP contribution >= 0.6 is 23.7 Å². The average Bonchev–Trinajstić information content (AvgIpc) is 2.93. The minimum atomic E-state index is 0. The molecule has 0 aliphatic heterocycles. The van der Waals surface area contributed by atoms with E-state index in [9.17, 15) is 0 Å². The van der Waals surface area contributed by atoms with Crippen molar-refractivity contribution < 1.29 is 4.74 Å². The van der Waals surface area contributed by atoms with E-state index in [0.717, 1.165) is 22.5 Å². The maximum atomic E-state index is 5.62. The molecule has 2 aromatic heterocycles. The maximum absolute atomic E-state index is 5.62. The Morgan fingerprint density at radius 2 is 2.26 bits per heavy atom. The Balaban J connectivity index is 0.00000133. The second-order valence-corrected chi connectivity index (χ2v) is 5.12. The largest absolute Gasteiger partial charge is 0.484 e. The Morgan fingerprint density at radius 3 is 3.00 bits per heavy atom. The molecular weight excluding hydrogens is 282 g/mol. The number of aromatic nitrogens is 2. The second kappa shape index (κ2) is 5.77. The van der Waals surface area contributed by atoms with Gasteiger partial charge in [0.15, 0.2) is 5.06 Å². The number of nitrogens with two attached hydrogens (primary N) is 1. The van der Waals surface area contributed by atoms with E-state index in [1.54, 1.807) is 11.3 Å². The minimum absolute atomic E-state index is 0. The number of nitrogens with zero attached hydrogens (tertiary/aromatic N) is 2. The highest BCUT2D eigenvalue weighted by Crippen LogP contribution is 2.36. The lowest BCUT2D eigenvalue weighted by atomic mass is 10.2. The van der Waals surface area contributed by atoms with Crippen molar-refractivity contribution in [3.63, 3.8) is 0 Å². The lowest BCUT2D eigenvalue weighted by molar-refractivity contribution is 0.350. The summed E-state index contributed by atoms with van der Waals surface area (Å²) in [4.78, 5) is 0. The second-order valence-electron chi connectivity index (χ2n) is 4.07. The molecule has 4 nitrogen and oxygen atoms in total. The fourth-order valence-corrected chi connectivity index (χ4v) is 3.15. The summed E-state index contributed by atoms with van der Waals surface area (Å²) in [6, 6.07) is 6.32. The summed E-state index contributed by atoms with van der Waals surface area (Å²) in [5.74, 6) is 0. The van der Waals surface area contributed by atoms with E-state index in [0.29, 0.717) is 13.2 Å². The number of thiophene rings is 1. The maximum Gasteiger partial charge on any atom is 0.174 e. The Morgan fingerprint density at radius 1 is 1.42 bits per heavy atom. The highest BCUT2D eigenvalue weighted by molar-refractivity contribution is 7.20. The van der Waals surface area contributed by atoms with Crippen LogP contribution in [0, 0.1) is 0 Å². The first-order chi connectivity index (χ1) is 8.83. The lowest BCUT2D eigenvalue weighted by Gasteiger charge is -2.01. The van der Waals surface area contributed by atoms with E-state index in [4.69, 9.17) is 10.5 Å². The number of halogens is 1. The molecule has 0 saturated heterocycles. The van der Waals surface area contributed by atoms with Crippen molar-refractivity contribution in [3.8, 4) is 5.06 Å². The van der Waals surface area contributed by atoms with Gasteiger partial charge in [0, 0.05) is 28.1 Å². The third-order valence-electron chi connectivity index (χ3n) is 2.90. The minimum Gasteiger partial charge on any atom is -0.484 e. The number of hydrogen-bond acceptors (Lipinski definition) is 4. The van der Waals surface area contributed by atoms with Gasteiger partial charge in [0.1, 0.15) is 0 Å². The molecule has 0 radical (unpaired) electrons. The Kier molecular flexibility index (Phi) is 4.29. The predicted octanol–water partition coefficient (Wildman–Crippen LogP) is 3.03. The van der Waals surface area contributed by atoms with E-state index in [1.807, 2.05) is 17.8 Å². The van der Waals surface area contributed by atoms with Crippen LogP contribution in [0.5, 0.6) is 5.06 Å². The monoisotopic (exact) mass is 297 g/mol. The predicted molar refractivity (Wildman–Crippen MR) is 82.6 cm³/mol. The van der Waals surface area contributed by atoms with Gasteiger partial charge < -0.3 is 10.5 Å². The summed E-state index contributed by atoms with van der Waals surface area (Å²) in [5.41, 5.74) is 6.78. The molecular formula is C13H16ClN3OS. The van der Waals surface area contributed by atoms with Gasteiger partial charge in [0.05, 0.1) is 24.9 Å². The zero-order valence-corrected chi connectivity index (χ0v) is 12.3. The molecule has 0 saturated carbocycles. The van der Waals surface area contributed by atoms with E-state index >= 15 is 0 Å². The molecule has 2 N–H and O–H groups in total. The topological polar surface area (TPSA) is 53.1 Å². The molecule has 0 bridgehead atoms. The molecule has 3 rings (SSSR count). The van der Waals surface area contributed by atoms with Gasteiger partial charge in [-0.05, 0) is 19.1 Å². The zero-order chi connectivity index (χ0) is 12.5. The molecule has 102 valence electrons. The Hall–Kier alpha value is -1.30. The van der Waals surface area contributed by atoms with Gasteiger partial charge in [-0.2, -0.15) is 5.10 Å². The molecule has 0 aliphatic carbocycles. The first-order valence-electron chi connectivity index (χ1n) is 6.04. The normalized spacial score (nSPS) is 10.8. The van der Waals surface area contributed by atoms with Gasteiger partial charge in [-0.1, -0.05) is 11.3 Å². The van der Waals surface area contributed by atoms with Crippen LogP contribution in [-0.2, 0) is 6.54 Å². The van der Waals surface area contributed by atoms with E-state index in [-0.39, 0.29) is 12.4 Å². The Labute approximate surface area is 121 Å². The summed E-state index contributed by atoms with van der Waals surface area (Å²) in [6.07, 6.45) is 1.89. The third kappa shape index (κ3) is 2.41. The van der Waals surface area contributed by atoms with Crippen LogP contribution in [0.15, 0.2) is 24.4 Å². The van der Waals surface area contributed by atoms with Crippen LogP contribution in [0.1, 0.15) is 6.92 Å². The molecule has 19 heavy (non-hydrogen) atoms. The molecule has 2 heterocycles. The van der Waals surface area contributed by atoms with Gasteiger partial charge >= 0.3 is 0 Å². The summed E-state index contributed by atoms with van der Waals surface area (Å²) < 4.78 is 8.78. The average molecular weight is 298 g/mol. The van der Waals surface area contributed by atoms with Crippen molar-refractivity contribution >= 4 is 44.7 Å². The van der Waals surface area contributed by atoms with Crippen molar-refractivity contribution in [2.45, 2.75) is 13.5 Å². The lowest BCUT2D eigenvalue weighted by Crippen LogP contribution is -2.10. The smallest absolute Gasteiger partial charge is 0.174 e. The molecule has 0 aliphatic rings. The van der Waals surface area contributed by atoms with Gasteiger partial charge in [0.2, 0.25) is 0 Å². The molecule has 3 aromatic rings. The van der Waals surface area contributed by atoms with Crippen LogP contribution in [0.25, 0.3) is 21.0 Å². The number of fused-ring (bicyclic) bond motifs is 3. The number of hydrogen-bond donors (Lipinski definition) is 1. The van der Waals surface area contributed by atoms with E-state index in [1.165, 1.54) is 10.1 Å².